The Morgan fingerprint density at radius 3 is 1.76 bits per heavy atom. The lowest BCUT2D eigenvalue weighted by Gasteiger charge is -2.30. The van der Waals surface area contributed by atoms with Crippen molar-refractivity contribution in [1.82, 2.24) is 4.57 Å². The molecular weight excluding hydrogens is 556 g/mol. The molecule has 2 nitrogen and oxygen atoms in total. The largest absolute Gasteiger partial charge is 0.335 e. The summed E-state index contributed by atoms with van der Waals surface area (Å²) >= 11 is 0. The highest BCUT2D eigenvalue weighted by atomic mass is 15.1. The van der Waals surface area contributed by atoms with E-state index in [4.69, 9.17) is 0 Å². The van der Waals surface area contributed by atoms with E-state index in [0.717, 1.165) is 17.1 Å². The second-order valence-electron chi connectivity index (χ2n) is 13.0. The fraction of sp³-hybridized carbons (Fsp3) is 0.0909. The van der Waals surface area contributed by atoms with Crippen LogP contribution >= 0.6 is 0 Å². The van der Waals surface area contributed by atoms with E-state index in [0.29, 0.717) is 0 Å². The second-order valence-corrected chi connectivity index (χ2v) is 13.0. The van der Waals surface area contributed by atoms with Crippen molar-refractivity contribution in [2.45, 2.75) is 26.3 Å². The summed E-state index contributed by atoms with van der Waals surface area (Å²) in [6.07, 6.45) is 0. The van der Waals surface area contributed by atoms with E-state index >= 15 is 0 Å². The molecule has 0 aliphatic heterocycles. The summed E-state index contributed by atoms with van der Waals surface area (Å²) in [5, 5.41) is 5.02. The Kier molecular flexibility index (Phi) is 6.73. The van der Waals surface area contributed by atoms with Gasteiger partial charge in [-0.1, -0.05) is 127 Å². The van der Waals surface area contributed by atoms with Gasteiger partial charge in [0, 0.05) is 38.8 Å². The predicted molar refractivity (Wildman–Crippen MR) is 198 cm³/mol. The first-order chi connectivity index (χ1) is 22.5. The molecule has 46 heavy (non-hydrogen) atoms. The molecule has 222 valence electrons. The molecule has 0 saturated carbocycles. The predicted octanol–water partition coefficient (Wildman–Crippen LogP) is 12.5. The van der Waals surface area contributed by atoms with Crippen LogP contribution in [0.2, 0.25) is 0 Å². The molecule has 8 rings (SSSR count). The molecule has 1 heterocycles. The van der Waals surface area contributed by atoms with Crippen molar-refractivity contribution >= 4 is 49.6 Å². The average Bonchev–Trinajstić information content (AvgIpc) is 3.43. The molecule has 0 amide bonds. The van der Waals surface area contributed by atoms with E-state index in [1.54, 1.807) is 0 Å². The molecule has 0 fully saturated rings. The van der Waals surface area contributed by atoms with Gasteiger partial charge in [0.2, 0.25) is 0 Å². The Morgan fingerprint density at radius 2 is 1.02 bits per heavy atom. The minimum Gasteiger partial charge on any atom is -0.335 e. The van der Waals surface area contributed by atoms with Gasteiger partial charge < -0.3 is 9.47 Å². The topological polar surface area (TPSA) is 8.17 Å². The number of hydrogen-bond acceptors (Lipinski definition) is 1. The minimum absolute atomic E-state index is 0.101. The van der Waals surface area contributed by atoms with Gasteiger partial charge in [0.05, 0.1) is 11.2 Å². The van der Waals surface area contributed by atoms with Crippen molar-refractivity contribution in [1.29, 1.82) is 0 Å². The van der Waals surface area contributed by atoms with Crippen LogP contribution in [0.4, 0.5) is 17.1 Å². The third-order valence-electron chi connectivity index (χ3n) is 9.01. The number of para-hydroxylation sites is 2. The van der Waals surface area contributed by atoms with Crippen molar-refractivity contribution in [2.24, 2.45) is 0 Å². The van der Waals surface area contributed by atoms with Crippen LogP contribution in [-0.4, -0.2) is 4.57 Å². The fourth-order valence-corrected chi connectivity index (χ4v) is 7.06. The molecule has 0 aliphatic carbocycles. The van der Waals surface area contributed by atoms with Gasteiger partial charge in [0.1, 0.15) is 0 Å². The SMILES string of the molecule is CC(C)(C)n1c2ccccc2c2ccc(N(c3cc(-c4ccccc4)c4ccccc4c3)c3ccccc3-c3ccccc3)cc21. The van der Waals surface area contributed by atoms with Crippen molar-refractivity contribution in [3.63, 3.8) is 0 Å². The average molecular weight is 593 g/mol. The molecule has 0 bridgehead atoms. The molecule has 7 aromatic carbocycles. The number of aromatic nitrogens is 1. The standard InChI is InChI=1S/C44H36N2/c1-44(2,3)46-42-25-15-13-23-38(42)39-27-26-34(30-43(39)46)45(41-24-14-12-22-37(41)31-16-6-4-7-17-31)35-28-33-20-10-11-21-36(33)40(29-35)32-18-8-5-9-19-32/h4-30H,1-3H3. The van der Waals surface area contributed by atoms with Gasteiger partial charge in [-0.25, -0.2) is 0 Å². The molecule has 0 aliphatic rings. The molecule has 0 N–H and O–H groups in total. The summed E-state index contributed by atoms with van der Waals surface area (Å²) in [4.78, 5) is 2.45. The highest BCUT2D eigenvalue weighted by Gasteiger charge is 2.24. The molecule has 0 atom stereocenters. The number of nitrogens with zero attached hydrogens (tertiary/aromatic N) is 2. The van der Waals surface area contributed by atoms with Crippen LogP contribution in [0.1, 0.15) is 20.8 Å². The summed E-state index contributed by atoms with van der Waals surface area (Å²) < 4.78 is 2.50. The number of hydrogen-bond donors (Lipinski definition) is 0. The first-order valence-corrected chi connectivity index (χ1v) is 16.0. The maximum atomic E-state index is 2.50. The molecule has 1 aromatic heterocycles. The van der Waals surface area contributed by atoms with E-state index < -0.39 is 0 Å². The van der Waals surface area contributed by atoms with Crippen LogP contribution in [0.25, 0.3) is 54.8 Å². The first-order valence-electron chi connectivity index (χ1n) is 16.0. The maximum Gasteiger partial charge on any atom is 0.0540 e. The van der Waals surface area contributed by atoms with Gasteiger partial charge >= 0.3 is 0 Å². The summed E-state index contributed by atoms with van der Waals surface area (Å²) in [5.74, 6) is 0. The second kappa shape index (κ2) is 11.1. The van der Waals surface area contributed by atoms with Crippen LogP contribution < -0.4 is 4.90 Å². The van der Waals surface area contributed by atoms with Crippen molar-refractivity contribution < 1.29 is 0 Å². The van der Waals surface area contributed by atoms with Crippen LogP contribution in [0.3, 0.4) is 0 Å². The van der Waals surface area contributed by atoms with E-state index in [2.05, 4.69) is 194 Å². The maximum absolute atomic E-state index is 2.50. The van der Waals surface area contributed by atoms with E-state index in [1.165, 1.54) is 54.8 Å². The minimum atomic E-state index is -0.101. The summed E-state index contributed by atoms with van der Waals surface area (Å²) in [7, 11) is 0. The number of anilines is 3. The first kappa shape index (κ1) is 27.9. The number of rotatable bonds is 5. The quantitative estimate of drug-likeness (QED) is 0.193. The molecule has 0 spiro atoms. The molecule has 0 unspecified atom stereocenters. The molecule has 0 radical (unpaired) electrons. The van der Waals surface area contributed by atoms with E-state index in [1.807, 2.05) is 0 Å². The van der Waals surface area contributed by atoms with Gasteiger partial charge in [-0.3, -0.25) is 0 Å². The lowest BCUT2D eigenvalue weighted by molar-refractivity contribution is 0.423. The van der Waals surface area contributed by atoms with Gasteiger partial charge in [0.15, 0.2) is 0 Å². The zero-order chi connectivity index (χ0) is 31.3. The molecule has 2 heteroatoms. The Hall–Kier alpha value is -5.60. The molecule has 0 saturated heterocycles. The fourth-order valence-electron chi connectivity index (χ4n) is 7.06. The Bertz CT molecular complexity index is 2340. The lowest BCUT2D eigenvalue weighted by atomic mass is 9.96. The van der Waals surface area contributed by atoms with E-state index in [-0.39, 0.29) is 5.54 Å². The van der Waals surface area contributed by atoms with Gasteiger partial charge in [-0.2, -0.15) is 0 Å². The number of fused-ring (bicyclic) bond motifs is 4. The third kappa shape index (κ3) is 4.74. The number of benzene rings is 7. The van der Waals surface area contributed by atoms with Crippen molar-refractivity contribution in [2.75, 3.05) is 4.90 Å². The van der Waals surface area contributed by atoms with Gasteiger partial charge in [-0.05, 0) is 84.6 Å². The van der Waals surface area contributed by atoms with Crippen molar-refractivity contribution in [3.05, 3.63) is 164 Å². The van der Waals surface area contributed by atoms with Crippen molar-refractivity contribution in [3.8, 4) is 22.3 Å². The Balaban J connectivity index is 1.46. The summed E-state index contributed by atoms with van der Waals surface area (Å²) in [6.45, 7) is 6.89. The zero-order valence-corrected chi connectivity index (χ0v) is 26.5. The van der Waals surface area contributed by atoms with Gasteiger partial charge in [0.25, 0.3) is 0 Å². The monoisotopic (exact) mass is 592 g/mol. The summed E-state index contributed by atoms with van der Waals surface area (Å²) in [5.41, 5.74) is 10.6. The molecular formula is C44H36N2. The zero-order valence-electron chi connectivity index (χ0n) is 26.5. The highest BCUT2D eigenvalue weighted by molar-refractivity contribution is 6.10. The Morgan fingerprint density at radius 1 is 0.435 bits per heavy atom. The van der Waals surface area contributed by atoms with Gasteiger partial charge in [-0.15, -0.1) is 0 Å². The molecule has 8 aromatic rings. The van der Waals surface area contributed by atoms with E-state index in [9.17, 15) is 0 Å². The van der Waals surface area contributed by atoms with Crippen LogP contribution in [0.15, 0.2) is 164 Å². The van der Waals surface area contributed by atoms with Crippen LogP contribution in [0, 0.1) is 0 Å². The summed E-state index contributed by atoms with van der Waals surface area (Å²) in [6, 6.07) is 59.5. The normalized spacial score (nSPS) is 11.8. The lowest BCUT2D eigenvalue weighted by Crippen LogP contribution is -2.21. The Labute approximate surface area is 270 Å². The van der Waals surface area contributed by atoms with Crippen LogP contribution in [-0.2, 0) is 5.54 Å². The third-order valence-corrected chi connectivity index (χ3v) is 9.01. The van der Waals surface area contributed by atoms with Crippen LogP contribution in [0.5, 0.6) is 0 Å². The smallest absolute Gasteiger partial charge is 0.0540 e. The highest BCUT2D eigenvalue weighted by Crippen LogP contribution is 2.45.